The third kappa shape index (κ3) is 6.46. The number of nitrogens with one attached hydrogen (secondary N) is 1. The molecule has 0 aromatic heterocycles. The van der Waals surface area contributed by atoms with Gasteiger partial charge in [0.2, 0.25) is 0 Å². The fraction of sp³-hybridized carbons (Fsp3) is 0.400. The summed E-state index contributed by atoms with van der Waals surface area (Å²) >= 11 is 11.6. The van der Waals surface area contributed by atoms with Gasteiger partial charge in [-0.3, -0.25) is 4.79 Å². The first-order chi connectivity index (χ1) is 10.5. The predicted octanol–water partition coefficient (Wildman–Crippen LogP) is 3.54. The van der Waals surface area contributed by atoms with Gasteiger partial charge in [-0.05, 0) is 39.0 Å². The minimum absolute atomic E-state index is 0.185. The van der Waals surface area contributed by atoms with E-state index in [9.17, 15) is 14.4 Å². The van der Waals surface area contributed by atoms with Gasteiger partial charge >= 0.3 is 12.1 Å². The highest BCUT2D eigenvalue weighted by Crippen LogP contribution is 2.23. The molecule has 0 aliphatic carbocycles. The highest BCUT2D eigenvalue weighted by atomic mass is 35.5. The van der Waals surface area contributed by atoms with E-state index in [1.165, 1.54) is 18.2 Å². The first-order valence-corrected chi connectivity index (χ1v) is 7.46. The maximum Gasteiger partial charge on any atom is 0.408 e. The summed E-state index contributed by atoms with van der Waals surface area (Å²) < 4.78 is 4.98. The van der Waals surface area contributed by atoms with Crippen molar-refractivity contribution in [3.63, 3.8) is 0 Å². The highest BCUT2D eigenvalue weighted by Gasteiger charge is 2.26. The minimum atomic E-state index is -1.41. The van der Waals surface area contributed by atoms with Gasteiger partial charge in [-0.1, -0.05) is 23.2 Å². The molecule has 0 aliphatic heterocycles. The maximum atomic E-state index is 12.1. The van der Waals surface area contributed by atoms with Gasteiger partial charge in [-0.25, -0.2) is 9.59 Å². The number of halogens is 2. The number of Topliss-reactive ketones (excluding diaryl/α,β-unsaturated/α-hetero) is 1. The van der Waals surface area contributed by atoms with Crippen LogP contribution in [0.3, 0.4) is 0 Å². The van der Waals surface area contributed by atoms with E-state index in [1.54, 1.807) is 20.8 Å². The Morgan fingerprint density at radius 1 is 1.22 bits per heavy atom. The second-order valence-electron chi connectivity index (χ2n) is 5.79. The van der Waals surface area contributed by atoms with Crippen molar-refractivity contribution in [2.24, 2.45) is 0 Å². The smallest absolute Gasteiger partial charge is 0.408 e. The average molecular weight is 362 g/mol. The summed E-state index contributed by atoms with van der Waals surface area (Å²) in [6.45, 7) is 4.93. The first-order valence-electron chi connectivity index (χ1n) is 6.70. The lowest BCUT2D eigenvalue weighted by atomic mass is 10.0. The Kier molecular flexibility index (Phi) is 6.41. The van der Waals surface area contributed by atoms with E-state index in [-0.39, 0.29) is 15.6 Å². The van der Waals surface area contributed by atoms with Crippen molar-refractivity contribution in [1.29, 1.82) is 0 Å². The number of carboxylic acid groups (broad SMARTS) is 1. The van der Waals surface area contributed by atoms with Crippen LogP contribution in [0, 0.1) is 0 Å². The number of carboxylic acids is 1. The van der Waals surface area contributed by atoms with E-state index in [0.29, 0.717) is 0 Å². The fourth-order valence-corrected chi connectivity index (χ4v) is 1.92. The van der Waals surface area contributed by atoms with E-state index in [2.05, 4.69) is 5.32 Å². The van der Waals surface area contributed by atoms with Crippen LogP contribution >= 0.6 is 23.2 Å². The summed E-state index contributed by atoms with van der Waals surface area (Å²) in [7, 11) is 0. The number of ketones is 1. The molecule has 0 fully saturated rings. The van der Waals surface area contributed by atoms with Gasteiger partial charge in [0.05, 0.1) is 10.0 Å². The second-order valence-corrected chi connectivity index (χ2v) is 6.61. The van der Waals surface area contributed by atoms with Crippen LogP contribution in [0.1, 0.15) is 37.6 Å². The molecule has 126 valence electrons. The highest BCUT2D eigenvalue weighted by molar-refractivity contribution is 6.42. The minimum Gasteiger partial charge on any atom is -0.480 e. The van der Waals surface area contributed by atoms with Crippen molar-refractivity contribution < 1.29 is 24.2 Å². The molecule has 1 atom stereocenters. The fourth-order valence-electron chi connectivity index (χ4n) is 1.62. The Bertz CT molecular complexity index is 625. The van der Waals surface area contributed by atoms with E-state index < -0.39 is 35.9 Å². The molecule has 0 saturated carbocycles. The zero-order valence-corrected chi connectivity index (χ0v) is 14.4. The standard InChI is InChI=1S/C15H17Cl2NO5/c1-15(2,3)23-14(22)18-11(13(20)21)7-12(19)8-4-5-9(16)10(17)6-8/h4-6,11H,7H2,1-3H3,(H,18,22)(H,20,21). The summed E-state index contributed by atoms with van der Waals surface area (Å²) in [5, 5.41) is 11.8. The normalized spacial score (nSPS) is 12.4. The number of benzene rings is 1. The van der Waals surface area contributed by atoms with Crippen LogP contribution in [0.25, 0.3) is 0 Å². The zero-order valence-electron chi connectivity index (χ0n) is 12.9. The summed E-state index contributed by atoms with van der Waals surface area (Å²) in [6, 6.07) is 2.81. The lowest BCUT2D eigenvalue weighted by Crippen LogP contribution is -2.44. The third-order valence-electron chi connectivity index (χ3n) is 2.62. The molecule has 1 rings (SSSR count). The SMILES string of the molecule is CC(C)(C)OC(=O)NC(CC(=O)c1ccc(Cl)c(Cl)c1)C(=O)O. The molecule has 0 bridgehead atoms. The Labute approximate surface area is 143 Å². The van der Waals surface area contributed by atoms with Gasteiger partial charge < -0.3 is 15.2 Å². The Morgan fingerprint density at radius 2 is 1.83 bits per heavy atom. The van der Waals surface area contributed by atoms with Crippen LogP contribution in [0.5, 0.6) is 0 Å². The molecule has 0 heterocycles. The summed E-state index contributed by atoms with van der Waals surface area (Å²) in [5.74, 6) is -1.84. The molecule has 1 aromatic carbocycles. The van der Waals surface area contributed by atoms with Gasteiger partial charge in [0.25, 0.3) is 0 Å². The van der Waals surface area contributed by atoms with E-state index in [1.807, 2.05) is 0 Å². The van der Waals surface area contributed by atoms with Crippen molar-refractivity contribution in [2.45, 2.75) is 38.8 Å². The number of hydrogen-bond acceptors (Lipinski definition) is 4. The van der Waals surface area contributed by atoms with Gasteiger partial charge in [-0.2, -0.15) is 0 Å². The quantitative estimate of drug-likeness (QED) is 0.782. The molecule has 0 spiro atoms. The number of aliphatic carboxylic acids is 1. The lowest BCUT2D eigenvalue weighted by Gasteiger charge is -2.21. The van der Waals surface area contributed by atoms with Crippen molar-refractivity contribution in [1.82, 2.24) is 5.32 Å². The molecule has 0 aliphatic rings. The lowest BCUT2D eigenvalue weighted by molar-refractivity contribution is -0.139. The molecule has 0 radical (unpaired) electrons. The molecule has 8 heteroatoms. The monoisotopic (exact) mass is 361 g/mol. The maximum absolute atomic E-state index is 12.1. The van der Waals surface area contributed by atoms with Crippen LogP contribution < -0.4 is 5.32 Å². The number of rotatable bonds is 5. The van der Waals surface area contributed by atoms with E-state index in [4.69, 9.17) is 33.0 Å². The van der Waals surface area contributed by atoms with Gasteiger partial charge in [0, 0.05) is 12.0 Å². The molecular formula is C15H17Cl2NO5. The van der Waals surface area contributed by atoms with Gasteiger partial charge in [0.1, 0.15) is 11.6 Å². The molecule has 23 heavy (non-hydrogen) atoms. The second kappa shape index (κ2) is 7.66. The van der Waals surface area contributed by atoms with Crippen LogP contribution in [-0.2, 0) is 9.53 Å². The van der Waals surface area contributed by atoms with Crippen LogP contribution in [0.2, 0.25) is 10.0 Å². The largest absolute Gasteiger partial charge is 0.480 e. The van der Waals surface area contributed by atoms with Gasteiger partial charge in [-0.15, -0.1) is 0 Å². The number of hydrogen-bond donors (Lipinski definition) is 2. The Balaban J connectivity index is 2.79. The molecular weight excluding hydrogens is 345 g/mol. The van der Waals surface area contributed by atoms with Crippen LogP contribution in [0.4, 0.5) is 4.79 Å². The molecule has 1 unspecified atom stereocenters. The number of alkyl carbamates (subject to hydrolysis) is 1. The number of carbonyl (C=O) groups is 3. The first kappa shape index (κ1) is 19.3. The Morgan fingerprint density at radius 3 is 2.30 bits per heavy atom. The third-order valence-corrected chi connectivity index (χ3v) is 3.36. The number of ether oxygens (including phenoxy) is 1. The molecule has 6 nitrogen and oxygen atoms in total. The molecule has 0 saturated heterocycles. The molecule has 2 N–H and O–H groups in total. The van der Waals surface area contributed by atoms with Crippen molar-refractivity contribution in [3.05, 3.63) is 33.8 Å². The zero-order chi connectivity index (χ0) is 17.8. The number of carbonyl (C=O) groups excluding carboxylic acids is 2. The predicted molar refractivity (Wildman–Crippen MR) is 86.2 cm³/mol. The molecule has 1 aromatic rings. The summed E-state index contributed by atoms with van der Waals surface area (Å²) in [5.41, 5.74) is -0.572. The van der Waals surface area contributed by atoms with E-state index >= 15 is 0 Å². The van der Waals surface area contributed by atoms with Gasteiger partial charge in [0.15, 0.2) is 5.78 Å². The molecule has 1 amide bonds. The van der Waals surface area contributed by atoms with Crippen molar-refractivity contribution in [3.8, 4) is 0 Å². The van der Waals surface area contributed by atoms with Crippen molar-refractivity contribution in [2.75, 3.05) is 0 Å². The summed E-state index contributed by atoms with van der Waals surface area (Å²) in [6.07, 6.45) is -1.35. The van der Waals surface area contributed by atoms with Crippen LogP contribution in [-0.4, -0.2) is 34.6 Å². The topological polar surface area (TPSA) is 92.7 Å². The Hall–Kier alpha value is -1.79. The number of amides is 1. The van der Waals surface area contributed by atoms with E-state index in [0.717, 1.165) is 0 Å². The average Bonchev–Trinajstić information content (AvgIpc) is 2.38. The van der Waals surface area contributed by atoms with Crippen LogP contribution in [0.15, 0.2) is 18.2 Å². The summed E-state index contributed by atoms with van der Waals surface area (Å²) in [4.78, 5) is 35.0. The van der Waals surface area contributed by atoms with Crippen molar-refractivity contribution >= 4 is 41.0 Å².